The molecule has 0 saturated carbocycles. The van der Waals surface area contributed by atoms with E-state index >= 15 is 0 Å². The summed E-state index contributed by atoms with van der Waals surface area (Å²) >= 11 is 0. The zero-order valence-corrected chi connectivity index (χ0v) is 9.45. The van der Waals surface area contributed by atoms with Crippen molar-refractivity contribution in [3.8, 4) is 0 Å². The Balaban J connectivity index is 2.06. The fraction of sp³-hybridized carbons (Fsp3) is 0.538. The van der Waals surface area contributed by atoms with Crippen LogP contribution >= 0.6 is 0 Å². The summed E-state index contributed by atoms with van der Waals surface area (Å²) in [5.41, 5.74) is 7.86. The van der Waals surface area contributed by atoms with Crippen LogP contribution < -0.4 is 10.6 Å². The highest BCUT2D eigenvalue weighted by Gasteiger charge is 2.18. The van der Waals surface area contributed by atoms with E-state index in [1.807, 2.05) is 12.1 Å². The summed E-state index contributed by atoms with van der Waals surface area (Å²) in [5.74, 6) is 0.872. The van der Waals surface area contributed by atoms with E-state index in [0.29, 0.717) is 0 Å². The minimum absolute atomic E-state index is 0.850. The number of anilines is 2. The molecule has 0 spiro atoms. The summed E-state index contributed by atoms with van der Waals surface area (Å²) in [6, 6.07) is 8.25. The van der Waals surface area contributed by atoms with E-state index in [4.69, 9.17) is 5.73 Å². The zero-order chi connectivity index (χ0) is 10.7. The predicted octanol–water partition coefficient (Wildman–Crippen LogP) is 2.90. The van der Waals surface area contributed by atoms with Crippen LogP contribution in [-0.2, 0) is 0 Å². The Bertz CT molecular complexity index is 305. The largest absolute Gasteiger partial charge is 0.399 e. The Hall–Kier alpha value is -1.18. The van der Waals surface area contributed by atoms with Gasteiger partial charge in [0.1, 0.15) is 0 Å². The molecule has 1 unspecified atom stereocenters. The van der Waals surface area contributed by atoms with Gasteiger partial charge in [0.2, 0.25) is 0 Å². The molecule has 1 aromatic rings. The van der Waals surface area contributed by atoms with E-state index < -0.39 is 0 Å². The number of piperidine rings is 1. The molecule has 2 nitrogen and oxygen atoms in total. The molecule has 1 aliphatic rings. The first kappa shape index (κ1) is 10.3. The zero-order valence-electron chi connectivity index (χ0n) is 9.45. The summed E-state index contributed by atoms with van der Waals surface area (Å²) in [6.07, 6.45) is 4.01. The number of benzene rings is 1. The molecular weight excluding hydrogens is 184 g/mol. The first-order valence-corrected chi connectivity index (χ1v) is 5.90. The first-order chi connectivity index (χ1) is 7.29. The van der Waals surface area contributed by atoms with E-state index in [9.17, 15) is 0 Å². The second-order valence-corrected chi connectivity index (χ2v) is 4.45. The first-order valence-electron chi connectivity index (χ1n) is 5.90. The quantitative estimate of drug-likeness (QED) is 0.750. The fourth-order valence-corrected chi connectivity index (χ4v) is 2.32. The normalized spacial score (nSPS) is 21.7. The van der Waals surface area contributed by atoms with Crippen molar-refractivity contribution in [1.29, 1.82) is 0 Å². The van der Waals surface area contributed by atoms with Gasteiger partial charge < -0.3 is 10.6 Å². The van der Waals surface area contributed by atoms with Gasteiger partial charge in [-0.25, -0.2) is 0 Å². The van der Waals surface area contributed by atoms with E-state index in [2.05, 4.69) is 24.0 Å². The lowest BCUT2D eigenvalue weighted by Gasteiger charge is -2.34. The summed E-state index contributed by atoms with van der Waals surface area (Å²) in [5, 5.41) is 0. The second kappa shape index (κ2) is 4.56. The maximum Gasteiger partial charge on any atom is 0.0367 e. The van der Waals surface area contributed by atoms with Crippen LogP contribution in [-0.4, -0.2) is 13.1 Å². The third kappa shape index (κ3) is 2.44. The van der Waals surface area contributed by atoms with Crippen molar-refractivity contribution in [2.75, 3.05) is 23.7 Å². The lowest BCUT2D eigenvalue weighted by atomic mass is 9.95. The number of nitrogen functional groups attached to an aromatic ring is 1. The molecule has 1 aliphatic heterocycles. The van der Waals surface area contributed by atoms with Gasteiger partial charge >= 0.3 is 0 Å². The second-order valence-electron chi connectivity index (χ2n) is 4.45. The van der Waals surface area contributed by atoms with E-state index in [1.165, 1.54) is 38.0 Å². The number of nitrogens with two attached hydrogens (primary N) is 1. The summed E-state index contributed by atoms with van der Waals surface area (Å²) in [7, 11) is 0. The van der Waals surface area contributed by atoms with Gasteiger partial charge in [-0.1, -0.05) is 13.3 Å². The van der Waals surface area contributed by atoms with E-state index in [1.54, 1.807) is 0 Å². The van der Waals surface area contributed by atoms with Crippen LogP contribution in [0.1, 0.15) is 26.2 Å². The van der Waals surface area contributed by atoms with Crippen LogP contribution in [0.25, 0.3) is 0 Å². The molecule has 82 valence electrons. The minimum atomic E-state index is 0.850. The highest BCUT2D eigenvalue weighted by molar-refractivity contribution is 5.53. The maximum atomic E-state index is 5.69. The summed E-state index contributed by atoms with van der Waals surface area (Å²) in [6.45, 7) is 4.69. The molecular formula is C13H20N2. The van der Waals surface area contributed by atoms with Crippen LogP contribution in [0, 0.1) is 5.92 Å². The van der Waals surface area contributed by atoms with Crippen molar-refractivity contribution in [2.45, 2.75) is 26.2 Å². The van der Waals surface area contributed by atoms with Crippen LogP contribution in [0.5, 0.6) is 0 Å². The number of hydrogen-bond donors (Lipinski definition) is 1. The molecule has 2 N–H and O–H groups in total. The number of rotatable bonds is 2. The average Bonchev–Trinajstić information content (AvgIpc) is 2.30. The molecule has 2 heteroatoms. The van der Waals surface area contributed by atoms with Crippen LogP contribution in [0.3, 0.4) is 0 Å². The van der Waals surface area contributed by atoms with Crippen molar-refractivity contribution in [1.82, 2.24) is 0 Å². The van der Waals surface area contributed by atoms with Crippen LogP contribution in [0.2, 0.25) is 0 Å². The fourth-order valence-electron chi connectivity index (χ4n) is 2.32. The maximum absolute atomic E-state index is 5.69. The SMILES string of the molecule is CCC1CCCN(c2ccc(N)cc2)C1. The van der Waals surface area contributed by atoms with Crippen LogP contribution in [0.4, 0.5) is 11.4 Å². The molecule has 2 rings (SSSR count). The van der Waals surface area contributed by atoms with Gasteiger partial charge in [-0.05, 0) is 43.0 Å². The van der Waals surface area contributed by atoms with Crippen molar-refractivity contribution >= 4 is 11.4 Å². The number of nitrogens with zero attached hydrogens (tertiary/aromatic N) is 1. The van der Waals surface area contributed by atoms with Crippen LogP contribution in [0.15, 0.2) is 24.3 Å². The Morgan fingerprint density at radius 1 is 1.33 bits per heavy atom. The topological polar surface area (TPSA) is 29.3 Å². The molecule has 0 aromatic heterocycles. The molecule has 0 amide bonds. The average molecular weight is 204 g/mol. The van der Waals surface area contributed by atoms with Gasteiger partial charge in [0.05, 0.1) is 0 Å². The van der Waals surface area contributed by atoms with Gasteiger partial charge in [0.25, 0.3) is 0 Å². The van der Waals surface area contributed by atoms with Crippen molar-refractivity contribution in [3.05, 3.63) is 24.3 Å². The lowest BCUT2D eigenvalue weighted by Crippen LogP contribution is -2.35. The highest BCUT2D eigenvalue weighted by Crippen LogP contribution is 2.25. The van der Waals surface area contributed by atoms with Gasteiger partial charge in [-0.3, -0.25) is 0 Å². The standard InChI is InChI=1S/C13H20N2/c1-2-11-4-3-9-15(10-11)13-7-5-12(14)6-8-13/h5-8,11H,2-4,9-10,14H2,1H3. The molecule has 1 saturated heterocycles. The summed E-state index contributed by atoms with van der Waals surface area (Å²) in [4.78, 5) is 2.48. The van der Waals surface area contributed by atoms with Gasteiger partial charge in [-0.2, -0.15) is 0 Å². The number of hydrogen-bond acceptors (Lipinski definition) is 2. The molecule has 1 heterocycles. The molecule has 1 atom stereocenters. The Labute approximate surface area is 92.1 Å². The third-order valence-corrected chi connectivity index (χ3v) is 3.35. The molecule has 1 fully saturated rings. The highest BCUT2D eigenvalue weighted by atomic mass is 15.1. The van der Waals surface area contributed by atoms with Gasteiger partial charge in [0.15, 0.2) is 0 Å². The Morgan fingerprint density at radius 3 is 2.73 bits per heavy atom. The smallest absolute Gasteiger partial charge is 0.0367 e. The molecule has 0 radical (unpaired) electrons. The molecule has 1 aromatic carbocycles. The van der Waals surface area contributed by atoms with E-state index in [-0.39, 0.29) is 0 Å². The monoisotopic (exact) mass is 204 g/mol. The van der Waals surface area contributed by atoms with Crippen molar-refractivity contribution < 1.29 is 0 Å². The molecule has 15 heavy (non-hydrogen) atoms. The van der Waals surface area contributed by atoms with Gasteiger partial charge in [0, 0.05) is 24.5 Å². The Morgan fingerprint density at radius 2 is 2.07 bits per heavy atom. The molecule has 0 aliphatic carbocycles. The lowest BCUT2D eigenvalue weighted by molar-refractivity contribution is 0.405. The predicted molar refractivity (Wildman–Crippen MR) is 66.1 cm³/mol. The van der Waals surface area contributed by atoms with Crippen molar-refractivity contribution in [2.24, 2.45) is 5.92 Å². The third-order valence-electron chi connectivity index (χ3n) is 3.35. The van der Waals surface area contributed by atoms with Gasteiger partial charge in [-0.15, -0.1) is 0 Å². The molecule has 0 bridgehead atoms. The van der Waals surface area contributed by atoms with Crippen molar-refractivity contribution in [3.63, 3.8) is 0 Å². The minimum Gasteiger partial charge on any atom is -0.399 e. The Kier molecular flexibility index (Phi) is 3.14. The summed E-state index contributed by atoms with van der Waals surface area (Å²) < 4.78 is 0. The van der Waals surface area contributed by atoms with E-state index in [0.717, 1.165) is 11.6 Å².